The molecule has 0 radical (unpaired) electrons. The molecule has 2 aromatic rings. The molecule has 0 fully saturated rings. The number of hydrogen-bond acceptors (Lipinski definition) is 2. The summed E-state index contributed by atoms with van der Waals surface area (Å²) in [6.45, 7) is 2.62. The zero-order valence-electron chi connectivity index (χ0n) is 10.7. The van der Waals surface area contributed by atoms with Crippen LogP contribution in [-0.2, 0) is 11.3 Å². The number of hydrogen-bond donors (Lipinski definition) is 1. The van der Waals surface area contributed by atoms with E-state index in [9.17, 15) is 4.79 Å². The normalized spacial score (nSPS) is 12.1. The molecular weight excluding hydrogens is 322 g/mol. The van der Waals surface area contributed by atoms with Crippen molar-refractivity contribution in [2.45, 2.75) is 25.8 Å². The van der Waals surface area contributed by atoms with Crippen molar-refractivity contribution >= 4 is 33.2 Å². The minimum Gasteiger partial charge on any atom is -0.351 e. The van der Waals surface area contributed by atoms with Crippen LogP contribution in [0.4, 0.5) is 0 Å². The van der Waals surface area contributed by atoms with Crippen LogP contribution >= 0.6 is 27.3 Å². The summed E-state index contributed by atoms with van der Waals surface area (Å²) in [7, 11) is 0. The van der Waals surface area contributed by atoms with E-state index in [0.717, 1.165) is 21.3 Å². The van der Waals surface area contributed by atoms with Gasteiger partial charge in [0.25, 0.3) is 0 Å². The number of rotatable bonds is 5. The lowest BCUT2D eigenvalue weighted by Gasteiger charge is -2.15. The Balaban J connectivity index is 2.00. The molecule has 1 atom stereocenters. The molecule has 1 unspecified atom stereocenters. The van der Waals surface area contributed by atoms with Crippen molar-refractivity contribution in [2.75, 3.05) is 0 Å². The fraction of sp³-hybridized carbons (Fsp3) is 0.267. The van der Waals surface area contributed by atoms with Crippen molar-refractivity contribution in [1.29, 1.82) is 0 Å². The van der Waals surface area contributed by atoms with E-state index in [4.69, 9.17) is 0 Å². The van der Waals surface area contributed by atoms with Gasteiger partial charge in [-0.3, -0.25) is 4.79 Å². The molecule has 2 nitrogen and oxygen atoms in total. The van der Waals surface area contributed by atoms with Crippen LogP contribution in [0.1, 0.15) is 29.7 Å². The third-order valence-corrected chi connectivity index (χ3v) is 4.97. The molecule has 1 amide bonds. The lowest BCUT2D eigenvalue weighted by atomic mass is 9.96. The summed E-state index contributed by atoms with van der Waals surface area (Å²) in [5, 5.41) is 5.03. The molecule has 2 rings (SSSR count). The van der Waals surface area contributed by atoms with Crippen molar-refractivity contribution in [3.8, 4) is 0 Å². The third-order valence-electron chi connectivity index (χ3n) is 3.04. The van der Waals surface area contributed by atoms with Gasteiger partial charge in [-0.1, -0.05) is 37.3 Å². The van der Waals surface area contributed by atoms with Gasteiger partial charge in [0.05, 0.1) is 12.5 Å². The monoisotopic (exact) mass is 337 g/mol. The van der Waals surface area contributed by atoms with Crippen molar-refractivity contribution < 1.29 is 4.79 Å². The highest BCUT2D eigenvalue weighted by Gasteiger charge is 2.18. The van der Waals surface area contributed by atoms with Crippen molar-refractivity contribution in [3.05, 3.63) is 56.7 Å². The predicted octanol–water partition coefficient (Wildman–Crippen LogP) is 4.32. The van der Waals surface area contributed by atoms with Crippen LogP contribution in [0, 0.1) is 0 Å². The smallest absolute Gasteiger partial charge is 0.227 e. The Hall–Kier alpha value is -1.13. The van der Waals surface area contributed by atoms with E-state index in [1.54, 1.807) is 11.3 Å². The second kappa shape index (κ2) is 6.87. The molecule has 0 saturated carbocycles. The zero-order chi connectivity index (χ0) is 13.7. The maximum absolute atomic E-state index is 12.3. The van der Waals surface area contributed by atoms with Gasteiger partial charge < -0.3 is 5.32 Å². The van der Waals surface area contributed by atoms with Crippen molar-refractivity contribution in [1.82, 2.24) is 5.32 Å². The Labute approximate surface area is 126 Å². The first-order valence-corrected chi connectivity index (χ1v) is 7.94. The standard InChI is InChI=1S/C15H16BrNOS/c1-2-12(11-6-4-3-5-7-11)15(18)17-10-14-13(16)8-9-19-14/h3-9,12H,2,10H2,1H3,(H,17,18). The molecular formula is C15H16BrNOS. The quantitative estimate of drug-likeness (QED) is 0.864. The van der Waals surface area contributed by atoms with Gasteiger partial charge in [0.15, 0.2) is 0 Å². The van der Waals surface area contributed by atoms with Gasteiger partial charge in [0.2, 0.25) is 5.91 Å². The number of halogens is 1. The molecule has 0 aliphatic heterocycles. The molecule has 4 heteroatoms. The highest BCUT2D eigenvalue weighted by molar-refractivity contribution is 9.10. The largest absolute Gasteiger partial charge is 0.351 e. The molecule has 19 heavy (non-hydrogen) atoms. The summed E-state index contributed by atoms with van der Waals surface area (Å²) >= 11 is 5.12. The number of amides is 1. The fourth-order valence-electron chi connectivity index (χ4n) is 2.00. The second-order valence-corrected chi connectivity index (χ2v) is 6.14. The zero-order valence-corrected chi connectivity index (χ0v) is 13.1. The summed E-state index contributed by atoms with van der Waals surface area (Å²) in [6.07, 6.45) is 0.807. The number of thiophene rings is 1. The average molecular weight is 338 g/mol. The minimum absolute atomic E-state index is 0.0695. The van der Waals surface area contributed by atoms with Gasteiger partial charge in [-0.2, -0.15) is 0 Å². The number of benzene rings is 1. The predicted molar refractivity (Wildman–Crippen MR) is 83.3 cm³/mol. The Morgan fingerprint density at radius 1 is 1.32 bits per heavy atom. The van der Waals surface area contributed by atoms with Crippen molar-refractivity contribution in [3.63, 3.8) is 0 Å². The summed E-state index contributed by atoms with van der Waals surface area (Å²) in [4.78, 5) is 13.4. The molecule has 0 bridgehead atoms. The van der Waals surface area contributed by atoms with E-state index in [2.05, 4.69) is 21.2 Å². The molecule has 0 aliphatic rings. The lowest BCUT2D eigenvalue weighted by molar-refractivity contribution is -0.122. The maximum atomic E-state index is 12.3. The average Bonchev–Trinajstić information content (AvgIpc) is 2.84. The summed E-state index contributed by atoms with van der Waals surface area (Å²) in [5.41, 5.74) is 1.08. The van der Waals surface area contributed by atoms with Gasteiger partial charge in [0.1, 0.15) is 0 Å². The van der Waals surface area contributed by atoms with Crippen molar-refractivity contribution in [2.24, 2.45) is 0 Å². The first-order chi connectivity index (χ1) is 9.22. The van der Waals surface area contributed by atoms with E-state index < -0.39 is 0 Å². The van der Waals surface area contributed by atoms with Gasteiger partial charge in [0, 0.05) is 9.35 Å². The molecule has 1 aromatic heterocycles. The van der Waals surface area contributed by atoms with Gasteiger partial charge in [-0.05, 0) is 39.4 Å². The van der Waals surface area contributed by atoms with E-state index in [0.29, 0.717) is 6.54 Å². The number of nitrogens with one attached hydrogen (secondary N) is 1. The van der Waals surface area contributed by atoms with Crippen LogP contribution in [-0.4, -0.2) is 5.91 Å². The Morgan fingerprint density at radius 2 is 2.05 bits per heavy atom. The van der Waals surface area contributed by atoms with Crippen LogP contribution < -0.4 is 5.32 Å². The molecule has 0 spiro atoms. The Kier molecular flexibility index (Phi) is 5.16. The van der Waals surface area contributed by atoms with Crippen LogP contribution in [0.15, 0.2) is 46.3 Å². The molecule has 1 heterocycles. The first kappa shape index (κ1) is 14.3. The second-order valence-electron chi connectivity index (χ2n) is 4.28. The SMILES string of the molecule is CCC(C(=O)NCc1sccc1Br)c1ccccc1. The number of carbonyl (C=O) groups excluding carboxylic acids is 1. The van der Waals surface area contributed by atoms with Gasteiger partial charge in [-0.15, -0.1) is 11.3 Å². The highest BCUT2D eigenvalue weighted by Crippen LogP contribution is 2.23. The fourth-order valence-corrected chi connectivity index (χ4v) is 3.43. The molecule has 1 aromatic carbocycles. The van der Waals surface area contributed by atoms with E-state index in [-0.39, 0.29) is 11.8 Å². The van der Waals surface area contributed by atoms with Gasteiger partial charge in [-0.25, -0.2) is 0 Å². The van der Waals surface area contributed by atoms with Crippen LogP contribution in [0.3, 0.4) is 0 Å². The third kappa shape index (κ3) is 3.67. The molecule has 0 aliphatic carbocycles. The summed E-state index contributed by atoms with van der Waals surface area (Å²) < 4.78 is 1.06. The number of carbonyl (C=O) groups is 1. The van der Waals surface area contributed by atoms with E-state index in [1.165, 1.54) is 0 Å². The van der Waals surface area contributed by atoms with E-state index >= 15 is 0 Å². The van der Waals surface area contributed by atoms with Gasteiger partial charge >= 0.3 is 0 Å². The summed E-state index contributed by atoms with van der Waals surface area (Å²) in [6, 6.07) is 11.9. The van der Waals surface area contributed by atoms with Crippen LogP contribution in [0.2, 0.25) is 0 Å². The van der Waals surface area contributed by atoms with Crippen LogP contribution in [0.25, 0.3) is 0 Å². The Morgan fingerprint density at radius 3 is 2.63 bits per heavy atom. The lowest BCUT2D eigenvalue weighted by Crippen LogP contribution is -2.28. The molecule has 1 N–H and O–H groups in total. The topological polar surface area (TPSA) is 29.1 Å². The summed E-state index contributed by atoms with van der Waals surface area (Å²) in [5.74, 6) is 0.0222. The molecule has 100 valence electrons. The Bertz CT molecular complexity index is 538. The van der Waals surface area contributed by atoms with Crippen LogP contribution in [0.5, 0.6) is 0 Å². The minimum atomic E-state index is -0.0695. The van der Waals surface area contributed by atoms with E-state index in [1.807, 2.05) is 48.7 Å². The maximum Gasteiger partial charge on any atom is 0.227 e. The molecule has 0 saturated heterocycles. The highest BCUT2D eigenvalue weighted by atomic mass is 79.9. The first-order valence-electron chi connectivity index (χ1n) is 6.27.